The second-order valence-corrected chi connectivity index (χ2v) is 4.41. The lowest BCUT2D eigenvalue weighted by Crippen LogP contribution is -2.65. The summed E-state index contributed by atoms with van der Waals surface area (Å²) in [5.74, 6) is 0.894. The largest absolute Gasteiger partial charge is 0.376 e. The normalized spacial score (nSPS) is 34.6. The molecule has 1 aromatic rings. The molecule has 6 heteroatoms. The highest BCUT2D eigenvalue weighted by molar-refractivity contribution is 5.34. The van der Waals surface area contributed by atoms with Gasteiger partial charge >= 0.3 is 0 Å². The van der Waals surface area contributed by atoms with Crippen molar-refractivity contribution in [2.45, 2.75) is 24.6 Å². The molecule has 2 aliphatic rings. The predicted octanol–water partition coefficient (Wildman–Crippen LogP) is -0.125. The number of hydrogen-bond donors (Lipinski definition) is 2. The van der Waals surface area contributed by atoms with Crippen molar-refractivity contribution < 1.29 is 4.74 Å². The Morgan fingerprint density at radius 3 is 3.29 bits per heavy atom. The molecule has 4 unspecified atom stereocenters. The fourth-order valence-electron chi connectivity index (χ4n) is 2.57. The van der Waals surface area contributed by atoms with E-state index in [-0.39, 0.29) is 18.2 Å². The van der Waals surface area contributed by atoms with Crippen LogP contribution in [0.2, 0.25) is 0 Å². The van der Waals surface area contributed by atoms with Gasteiger partial charge in [0.05, 0.1) is 12.1 Å². The Labute approximate surface area is 98.8 Å². The summed E-state index contributed by atoms with van der Waals surface area (Å²) < 4.78 is 5.60. The van der Waals surface area contributed by atoms with E-state index in [2.05, 4.69) is 15.3 Å². The van der Waals surface area contributed by atoms with Crippen LogP contribution in [0.25, 0.3) is 0 Å². The smallest absolute Gasteiger partial charge is 0.224 e. The molecule has 0 bridgehead atoms. The molecule has 1 saturated heterocycles. The average Bonchev–Trinajstić information content (AvgIpc) is 2.81. The van der Waals surface area contributed by atoms with Crippen molar-refractivity contribution in [3.05, 3.63) is 18.0 Å². The lowest BCUT2D eigenvalue weighted by Gasteiger charge is -2.45. The molecule has 2 fully saturated rings. The Morgan fingerprint density at radius 1 is 1.59 bits per heavy atom. The van der Waals surface area contributed by atoms with Crippen LogP contribution in [0.5, 0.6) is 0 Å². The monoisotopic (exact) mass is 231 g/mol. The Kier molecular flexibility index (Phi) is 2.42. The summed E-state index contributed by atoms with van der Waals surface area (Å²) in [5.41, 5.74) is 6.41. The minimum atomic E-state index is 0.0523. The number of anilines is 1. The van der Waals surface area contributed by atoms with E-state index in [0.717, 1.165) is 13.0 Å². The van der Waals surface area contributed by atoms with Crippen molar-refractivity contribution in [1.29, 1.82) is 5.26 Å². The summed E-state index contributed by atoms with van der Waals surface area (Å²) >= 11 is 0. The number of nitrogens with zero attached hydrogens (tertiary/aromatic N) is 3. The van der Waals surface area contributed by atoms with Gasteiger partial charge in [0, 0.05) is 24.8 Å². The topological polar surface area (TPSA) is 96.9 Å². The number of hydrogen-bond acceptors (Lipinski definition) is 6. The lowest BCUT2D eigenvalue weighted by molar-refractivity contribution is 0.00509. The first-order valence-corrected chi connectivity index (χ1v) is 5.66. The third kappa shape index (κ3) is 1.64. The zero-order valence-corrected chi connectivity index (χ0v) is 9.21. The quantitative estimate of drug-likeness (QED) is 0.736. The van der Waals surface area contributed by atoms with Crippen molar-refractivity contribution in [2.75, 3.05) is 11.9 Å². The fourth-order valence-corrected chi connectivity index (χ4v) is 2.57. The number of aromatic nitrogens is 2. The lowest BCUT2D eigenvalue weighted by atomic mass is 9.72. The summed E-state index contributed by atoms with van der Waals surface area (Å²) in [5, 5.41) is 11.9. The van der Waals surface area contributed by atoms with Crippen molar-refractivity contribution in [3.8, 4) is 6.07 Å². The van der Waals surface area contributed by atoms with E-state index in [1.807, 2.05) is 6.07 Å². The zero-order chi connectivity index (χ0) is 11.8. The Morgan fingerprint density at radius 2 is 2.47 bits per heavy atom. The number of ether oxygens (including phenoxy) is 1. The molecule has 1 aromatic heterocycles. The third-order valence-electron chi connectivity index (χ3n) is 3.51. The van der Waals surface area contributed by atoms with Gasteiger partial charge in [-0.05, 0) is 12.5 Å². The molecule has 17 heavy (non-hydrogen) atoms. The van der Waals surface area contributed by atoms with E-state index in [4.69, 9.17) is 15.7 Å². The first-order valence-electron chi connectivity index (χ1n) is 5.66. The molecule has 1 aliphatic carbocycles. The van der Waals surface area contributed by atoms with Crippen LogP contribution >= 0.6 is 0 Å². The van der Waals surface area contributed by atoms with Crippen LogP contribution in [-0.2, 0) is 4.74 Å². The summed E-state index contributed by atoms with van der Waals surface area (Å²) in [6.07, 6.45) is 2.76. The van der Waals surface area contributed by atoms with Gasteiger partial charge in [0.25, 0.3) is 0 Å². The SMILES string of the molecule is N#Cc1ccnc(NC2C(N)C3CCOC32)n1. The Hall–Kier alpha value is -1.71. The number of nitrogens with two attached hydrogens (primary N) is 1. The molecule has 4 atom stereocenters. The molecule has 0 amide bonds. The van der Waals surface area contributed by atoms with E-state index >= 15 is 0 Å². The van der Waals surface area contributed by atoms with Gasteiger partial charge < -0.3 is 15.8 Å². The molecule has 1 aliphatic heterocycles. The van der Waals surface area contributed by atoms with Crippen LogP contribution in [-0.4, -0.2) is 34.8 Å². The van der Waals surface area contributed by atoms with Gasteiger partial charge in [-0.1, -0.05) is 0 Å². The first-order chi connectivity index (χ1) is 8.29. The summed E-state index contributed by atoms with van der Waals surface area (Å²) in [4.78, 5) is 8.14. The number of nitrogens with one attached hydrogen (secondary N) is 1. The van der Waals surface area contributed by atoms with Gasteiger partial charge in [-0.3, -0.25) is 0 Å². The highest BCUT2D eigenvalue weighted by atomic mass is 16.5. The second-order valence-electron chi connectivity index (χ2n) is 4.41. The van der Waals surface area contributed by atoms with Crippen LogP contribution in [0, 0.1) is 17.2 Å². The van der Waals surface area contributed by atoms with E-state index in [1.54, 1.807) is 12.3 Å². The highest BCUT2D eigenvalue weighted by Crippen LogP contribution is 2.38. The summed E-state index contributed by atoms with van der Waals surface area (Å²) in [6.45, 7) is 0.778. The second kappa shape index (κ2) is 3.95. The number of fused-ring (bicyclic) bond motifs is 1. The van der Waals surface area contributed by atoms with Gasteiger partial charge in [0.2, 0.25) is 5.95 Å². The van der Waals surface area contributed by atoms with Crippen molar-refractivity contribution in [2.24, 2.45) is 11.7 Å². The van der Waals surface area contributed by atoms with Gasteiger partial charge in [-0.2, -0.15) is 5.26 Å². The van der Waals surface area contributed by atoms with Crippen LogP contribution in [0.3, 0.4) is 0 Å². The number of rotatable bonds is 2. The minimum Gasteiger partial charge on any atom is -0.376 e. The zero-order valence-electron chi connectivity index (χ0n) is 9.21. The maximum absolute atomic E-state index is 8.75. The molecule has 0 aromatic carbocycles. The number of nitriles is 1. The van der Waals surface area contributed by atoms with Crippen molar-refractivity contribution >= 4 is 5.95 Å². The van der Waals surface area contributed by atoms with Gasteiger partial charge in [-0.25, -0.2) is 9.97 Å². The highest BCUT2D eigenvalue weighted by Gasteiger charge is 2.52. The molecular formula is C11H13N5O. The minimum absolute atomic E-state index is 0.0523. The first kappa shape index (κ1) is 10.4. The van der Waals surface area contributed by atoms with E-state index in [9.17, 15) is 0 Å². The van der Waals surface area contributed by atoms with Gasteiger partial charge in [0.15, 0.2) is 0 Å². The van der Waals surface area contributed by atoms with Gasteiger partial charge in [0.1, 0.15) is 11.8 Å². The fraction of sp³-hybridized carbons (Fsp3) is 0.545. The van der Waals surface area contributed by atoms with Crippen LogP contribution in [0.4, 0.5) is 5.95 Å². The van der Waals surface area contributed by atoms with Crippen molar-refractivity contribution in [3.63, 3.8) is 0 Å². The van der Waals surface area contributed by atoms with Crippen LogP contribution < -0.4 is 11.1 Å². The molecule has 2 heterocycles. The maximum Gasteiger partial charge on any atom is 0.224 e. The molecule has 1 saturated carbocycles. The molecule has 88 valence electrons. The van der Waals surface area contributed by atoms with Crippen molar-refractivity contribution in [1.82, 2.24) is 9.97 Å². The molecule has 3 rings (SSSR count). The predicted molar refractivity (Wildman–Crippen MR) is 60.0 cm³/mol. The van der Waals surface area contributed by atoms with Crippen LogP contribution in [0.15, 0.2) is 12.3 Å². The van der Waals surface area contributed by atoms with E-state index in [1.165, 1.54) is 0 Å². The van der Waals surface area contributed by atoms with E-state index in [0.29, 0.717) is 17.6 Å². The van der Waals surface area contributed by atoms with Crippen LogP contribution in [0.1, 0.15) is 12.1 Å². The molecule has 6 nitrogen and oxygen atoms in total. The maximum atomic E-state index is 8.75. The summed E-state index contributed by atoms with van der Waals surface area (Å²) in [6, 6.07) is 3.68. The van der Waals surface area contributed by atoms with E-state index < -0.39 is 0 Å². The molecule has 3 N–H and O–H groups in total. The molecular weight excluding hydrogens is 218 g/mol. The van der Waals surface area contributed by atoms with Gasteiger partial charge in [-0.15, -0.1) is 0 Å². The third-order valence-corrected chi connectivity index (χ3v) is 3.51. The standard InChI is InChI=1S/C11H13N5O/c12-5-6-1-3-14-11(15-6)16-9-8(13)7-2-4-17-10(7)9/h1,3,7-10H,2,4,13H2,(H,14,15,16). The average molecular weight is 231 g/mol. The Balaban J connectivity index is 1.73. The molecule has 0 spiro atoms. The molecule has 0 radical (unpaired) electrons. The Bertz CT molecular complexity index is 471. The summed E-state index contributed by atoms with van der Waals surface area (Å²) in [7, 11) is 0.